The fourth-order valence-corrected chi connectivity index (χ4v) is 4.56. The number of para-hydroxylation sites is 1. The molecule has 0 aliphatic rings. The smallest absolute Gasteiger partial charge is 0.320 e. The second kappa shape index (κ2) is 9.87. The van der Waals surface area contributed by atoms with Crippen LogP contribution in [0.15, 0.2) is 94.7 Å². The molecule has 1 amide bonds. The second-order valence-corrected chi connectivity index (χ2v) is 9.39. The molecule has 2 aromatic heterocycles. The SMILES string of the molecule is O=C(Nc1ccccc1Sc1ccc(Cl)cc1)c1cc2nc(-c3ccc(F)cc3)cc(C(F)(F)F)n2n1. The van der Waals surface area contributed by atoms with Gasteiger partial charge in [0, 0.05) is 26.4 Å². The topological polar surface area (TPSA) is 59.3 Å². The summed E-state index contributed by atoms with van der Waals surface area (Å²) in [4.78, 5) is 18.8. The van der Waals surface area contributed by atoms with Crippen molar-refractivity contribution in [1.82, 2.24) is 14.6 Å². The molecule has 37 heavy (non-hydrogen) atoms. The molecule has 3 aromatic carbocycles. The van der Waals surface area contributed by atoms with Crippen molar-refractivity contribution in [3.63, 3.8) is 0 Å². The Hall–Kier alpha value is -3.89. The fraction of sp³-hybridized carbons (Fsp3) is 0.0385. The maximum absolute atomic E-state index is 13.9. The van der Waals surface area contributed by atoms with Gasteiger partial charge < -0.3 is 5.32 Å². The molecule has 186 valence electrons. The van der Waals surface area contributed by atoms with E-state index in [0.29, 0.717) is 15.2 Å². The van der Waals surface area contributed by atoms with Gasteiger partial charge in [-0.15, -0.1) is 0 Å². The molecule has 11 heteroatoms. The molecular weight excluding hydrogens is 528 g/mol. The molecule has 0 radical (unpaired) electrons. The summed E-state index contributed by atoms with van der Waals surface area (Å²) in [5, 5.41) is 7.20. The average Bonchev–Trinajstić information content (AvgIpc) is 3.30. The number of nitrogens with zero attached hydrogens (tertiary/aromatic N) is 3. The number of halogens is 5. The van der Waals surface area contributed by atoms with Crippen molar-refractivity contribution in [2.75, 3.05) is 5.32 Å². The third-order valence-corrected chi connectivity index (χ3v) is 6.60. The lowest BCUT2D eigenvalue weighted by atomic mass is 10.1. The second-order valence-electron chi connectivity index (χ2n) is 7.84. The third-order valence-electron chi connectivity index (χ3n) is 5.27. The molecule has 0 fully saturated rings. The van der Waals surface area contributed by atoms with Crippen molar-refractivity contribution in [2.45, 2.75) is 16.0 Å². The number of carbonyl (C=O) groups is 1. The van der Waals surface area contributed by atoms with Crippen LogP contribution < -0.4 is 5.32 Å². The zero-order chi connectivity index (χ0) is 26.2. The number of carbonyl (C=O) groups excluding carboxylic acids is 1. The Morgan fingerprint density at radius 2 is 1.65 bits per heavy atom. The number of nitrogens with one attached hydrogen (secondary N) is 1. The van der Waals surface area contributed by atoms with Gasteiger partial charge in [-0.2, -0.15) is 18.3 Å². The van der Waals surface area contributed by atoms with E-state index in [1.807, 2.05) is 12.1 Å². The van der Waals surface area contributed by atoms with Crippen molar-refractivity contribution < 1.29 is 22.4 Å². The summed E-state index contributed by atoms with van der Waals surface area (Å²) in [6, 6.07) is 21.1. The van der Waals surface area contributed by atoms with Gasteiger partial charge in [0.2, 0.25) is 0 Å². The van der Waals surface area contributed by atoms with Crippen LogP contribution in [0.25, 0.3) is 16.9 Å². The largest absolute Gasteiger partial charge is 0.433 e. The van der Waals surface area contributed by atoms with Gasteiger partial charge in [-0.25, -0.2) is 13.9 Å². The Morgan fingerprint density at radius 1 is 0.946 bits per heavy atom. The van der Waals surface area contributed by atoms with E-state index >= 15 is 0 Å². The van der Waals surface area contributed by atoms with Gasteiger partial charge in [0.15, 0.2) is 17.0 Å². The molecule has 1 N–H and O–H groups in total. The number of benzene rings is 3. The Kier molecular flexibility index (Phi) is 6.61. The molecule has 5 nitrogen and oxygen atoms in total. The molecule has 0 aliphatic carbocycles. The maximum atomic E-state index is 13.9. The lowest BCUT2D eigenvalue weighted by molar-refractivity contribution is -0.142. The Balaban J connectivity index is 1.48. The Morgan fingerprint density at radius 3 is 2.35 bits per heavy atom. The van der Waals surface area contributed by atoms with Crippen LogP contribution in [0.3, 0.4) is 0 Å². The number of alkyl halides is 3. The van der Waals surface area contributed by atoms with Gasteiger partial charge >= 0.3 is 6.18 Å². The van der Waals surface area contributed by atoms with Crippen molar-refractivity contribution in [1.29, 1.82) is 0 Å². The summed E-state index contributed by atoms with van der Waals surface area (Å²) in [7, 11) is 0. The third kappa shape index (κ3) is 5.45. The highest BCUT2D eigenvalue weighted by Crippen LogP contribution is 2.35. The number of aromatic nitrogens is 3. The highest BCUT2D eigenvalue weighted by atomic mass is 35.5. The maximum Gasteiger partial charge on any atom is 0.433 e. The van der Waals surface area contributed by atoms with Gasteiger partial charge in [-0.1, -0.05) is 35.5 Å². The Labute approximate surface area is 217 Å². The minimum absolute atomic E-state index is 0.0311. The van der Waals surface area contributed by atoms with Gasteiger partial charge in [0.1, 0.15) is 5.82 Å². The minimum atomic E-state index is -4.78. The van der Waals surface area contributed by atoms with Crippen LogP contribution in [0.4, 0.5) is 23.2 Å². The molecule has 0 spiro atoms. The van der Waals surface area contributed by atoms with E-state index in [1.54, 1.807) is 36.4 Å². The summed E-state index contributed by atoms with van der Waals surface area (Å²) in [6.07, 6.45) is -4.78. The predicted molar refractivity (Wildman–Crippen MR) is 133 cm³/mol. The number of fused-ring (bicyclic) bond motifs is 1. The van der Waals surface area contributed by atoms with Crippen LogP contribution in [0, 0.1) is 5.82 Å². The van der Waals surface area contributed by atoms with E-state index in [1.165, 1.54) is 30.0 Å². The molecule has 2 heterocycles. The number of hydrogen-bond donors (Lipinski definition) is 1. The van der Waals surface area contributed by atoms with Crippen LogP contribution in [0.5, 0.6) is 0 Å². The zero-order valence-corrected chi connectivity index (χ0v) is 20.2. The molecule has 0 saturated carbocycles. The van der Waals surface area contributed by atoms with Crippen molar-refractivity contribution in [2.24, 2.45) is 0 Å². The van der Waals surface area contributed by atoms with Crippen LogP contribution in [0.1, 0.15) is 16.2 Å². The van der Waals surface area contributed by atoms with Crippen LogP contribution in [-0.4, -0.2) is 20.5 Å². The highest BCUT2D eigenvalue weighted by Gasteiger charge is 2.35. The minimum Gasteiger partial charge on any atom is -0.320 e. The van der Waals surface area contributed by atoms with Crippen LogP contribution in [-0.2, 0) is 6.18 Å². The number of anilines is 1. The van der Waals surface area contributed by atoms with E-state index in [0.717, 1.165) is 28.0 Å². The standard InChI is InChI=1S/C26H15ClF4N4OS/c27-16-7-11-18(12-8-16)37-22-4-2-1-3-19(22)33-25(36)21-14-24-32-20(15-5-9-17(28)10-6-15)13-23(26(29,30)31)35(24)34-21/h1-14H,(H,33,36). The summed E-state index contributed by atoms with van der Waals surface area (Å²) >= 11 is 7.33. The van der Waals surface area contributed by atoms with Gasteiger partial charge in [-0.05, 0) is 66.7 Å². The number of amides is 1. The molecular formula is C26H15ClF4N4OS. The zero-order valence-electron chi connectivity index (χ0n) is 18.6. The molecule has 0 unspecified atom stereocenters. The first-order valence-electron chi connectivity index (χ1n) is 10.8. The van der Waals surface area contributed by atoms with E-state index in [9.17, 15) is 22.4 Å². The van der Waals surface area contributed by atoms with Crippen molar-refractivity contribution in [3.8, 4) is 11.3 Å². The number of hydrogen-bond acceptors (Lipinski definition) is 4. The van der Waals surface area contributed by atoms with Gasteiger partial charge in [-0.3, -0.25) is 4.79 Å². The average molecular weight is 543 g/mol. The summed E-state index contributed by atoms with van der Waals surface area (Å²) in [5.41, 5.74) is -0.829. The predicted octanol–water partition coefficient (Wildman–Crippen LogP) is 7.61. The monoisotopic (exact) mass is 542 g/mol. The molecule has 0 saturated heterocycles. The molecule has 0 bridgehead atoms. The Bertz CT molecular complexity index is 1600. The summed E-state index contributed by atoms with van der Waals surface area (Å²) in [5.74, 6) is -1.23. The lowest BCUT2D eigenvalue weighted by Crippen LogP contribution is -2.16. The molecule has 5 rings (SSSR count). The van der Waals surface area contributed by atoms with Crippen molar-refractivity contribution >= 4 is 40.6 Å². The lowest BCUT2D eigenvalue weighted by Gasteiger charge is -2.11. The van der Waals surface area contributed by atoms with Crippen molar-refractivity contribution in [3.05, 3.63) is 107 Å². The van der Waals surface area contributed by atoms with E-state index in [-0.39, 0.29) is 22.6 Å². The normalized spacial score (nSPS) is 11.6. The quantitative estimate of drug-likeness (QED) is 0.232. The van der Waals surface area contributed by atoms with Crippen LogP contribution in [0.2, 0.25) is 5.02 Å². The van der Waals surface area contributed by atoms with E-state index in [4.69, 9.17) is 11.6 Å². The number of rotatable bonds is 5. The summed E-state index contributed by atoms with van der Waals surface area (Å²) in [6.45, 7) is 0. The first-order chi connectivity index (χ1) is 17.7. The van der Waals surface area contributed by atoms with E-state index < -0.39 is 23.6 Å². The summed E-state index contributed by atoms with van der Waals surface area (Å²) < 4.78 is 55.5. The molecule has 0 aliphatic heterocycles. The molecule has 0 atom stereocenters. The van der Waals surface area contributed by atoms with Gasteiger partial charge in [0.05, 0.1) is 11.4 Å². The first-order valence-corrected chi connectivity index (χ1v) is 11.9. The van der Waals surface area contributed by atoms with E-state index in [2.05, 4.69) is 15.4 Å². The molecule has 5 aromatic rings. The fourth-order valence-electron chi connectivity index (χ4n) is 3.53. The van der Waals surface area contributed by atoms with Gasteiger partial charge in [0.25, 0.3) is 5.91 Å². The van der Waals surface area contributed by atoms with Crippen LogP contribution >= 0.6 is 23.4 Å². The first kappa shape index (κ1) is 24.8. The highest BCUT2D eigenvalue weighted by molar-refractivity contribution is 7.99.